The van der Waals surface area contributed by atoms with Crippen molar-refractivity contribution in [3.63, 3.8) is 0 Å². The molecule has 1 saturated carbocycles. The second-order valence-corrected chi connectivity index (χ2v) is 8.69. The second kappa shape index (κ2) is 4.13. The maximum absolute atomic E-state index is 5.45. The molecule has 3 heteroatoms. The van der Waals surface area contributed by atoms with Crippen LogP contribution in [0.25, 0.3) is 10.9 Å². The number of aromatic nitrogens is 1. The quantitative estimate of drug-likeness (QED) is 0.864. The van der Waals surface area contributed by atoms with Crippen LogP contribution in [0, 0.1) is 10.8 Å². The summed E-state index contributed by atoms with van der Waals surface area (Å²) < 4.78 is 5.45. The average Bonchev–Trinajstić information content (AvgIpc) is 3.01. The zero-order valence-electron chi connectivity index (χ0n) is 14.6. The molecule has 0 amide bonds. The summed E-state index contributed by atoms with van der Waals surface area (Å²) in [5.74, 6) is 1.61. The normalized spacial score (nSPS) is 34.6. The number of piperidine rings is 1. The number of H-pyrrole nitrogens is 1. The summed E-state index contributed by atoms with van der Waals surface area (Å²) in [7, 11) is 1.75. The third kappa shape index (κ3) is 1.54. The van der Waals surface area contributed by atoms with E-state index >= 15 is 0 Å². The van der Waals surface area contributed by atoms with E-state index in [2.05, 4.69) is 48.9 Å². The molecule has 3 nitrogen and oxygen atoms in total. The van der Waals surface area contributed by atoms with Crippen molar-refractivity contribution in [3.05, 3.63) is 29.5 Å². The average molecular weight is 310 g/mol. The second-order valence-electron chi connectivity index (χ2n) is 8.69. The van der Waals surface area contributed by atoms with Crippen molar-refractivity contribution in [1.29, 1.82) is 0 Å². The zero-order chi connectivity index (χ0) is 16.0. The van der Waals surface area contributed by atoms with Crippen LogP contribution in [0.15, 0.2) is 18.2 Å². The number of benzene rings is 1. The van der Waals surface area contributed by atoms with Crippen LogP contribution in [0.4, 0.5) is 0 Å². The van der Waals surface area contributed by atoms with E-state index in [1.54, 1.807) is 12.7 Å². The van der Waals surface area contributed by atoms with Crippen LogP contribution < -0.4 is 4.74 Å². The molecule has 5 rings (SSSR count). The van der Waals surface area contributed by atoms with Gasteiger partial charge < -0.3 is 9.72 Å². The van der Waals surface area contributed by atoms with Crippen molar-refractivity contribution in [2.45, 2.75) is 45.6 Å². The molecule has 2 fully saturated rings. The molecular weight excluding hydrogens is 284 g/mol. The van der Waals surface area contributed by atoms with E-state index in [1.165, 1.54) is 36.1 Å². The number of fused-ring (bicyclic) bond motifs is 5. The minimum absolute atomic E-state index is 0.397. The maximum atomic E-state index is 5.45. The lowest BCUT2D eigenvalue weighted by Gasteiger charge is -2.33. The standard InChI is InChI=1S/C20H26N2O/c1-19(2)18-15-10-20(19,3)11-22(18)8-7-13-14-9-12(23-4)5-6-16(14)21-17(13)15/h5-6,9,15,18,21H,7-8,10-11H2,1-4H3. The van der Waals surface area contributed by atoms with E-state index in [9.17, 15) is 0 Å². The van der Waals surface area contributed by atoms with Gasteiger partial charge in [0.05, 0.1) is 7.11 Å². The highest BCUT2D eigenvalue weighted by Crippen LogP contribution is 2.65. The number of aromatic amines is 1. The predicted molar refractivity (Wildman–Crippen MR) is 93.2 cm³/mol. The van der Waals surface area contributed by atoms with Gasteiger partial charge >= 0.3 is 0 Å². The van der Waals surface area contributed by atoms with Crippen LogP contribution in [-0.2, 0) is 6.42 Å². The van der Waals surface area contributed by atoms with Gasteiger partial charge in [0.15, 0.2) is 0 Å². The smallest absolute Gasteiger partial charge is 0.119 e. The van der Waals surface area contributed by atoms with E-state index in [0.717, 1.165) is 12.2 Å². The molecule has 1 aliphatic carbocycles. The minimum atomic E-state index is 0.397. The Hall–Kier alpha value is -1.48. The number of ether oxygens (including phenoxy) is 1. The van der Waals surface area contributed by atoms with Crippen LogP contribution in [0.5, 0.6) is 5.75 Å². The van der Waals surface area contributed by atoms with E-state index in [1.807, 2.05) is 0 Å². The maximum Gasteiger partial charge on any atom is 0.119 e. The molecule has 3 heterocycles. The fraction of sp³-hybridized carbons (Fsp3) is 0.600. The van der Waals surface area contributed by atoms with Gasteiger partial charge in [0.25, 0.3) is 0 Å². The number of rotatable bonds is 1. The van der Waals surface area contributed by atoms with Crippen molar-refractivity contribution >= 4 is 10.9 Å². The summed E-state index contributed by atoms with van der Waals surface area (Å²) in [6.07, 6.45) is 2.47. The first-order valence-corrected chi connectivity index (χ1v) is 8.87. The fourth-order valence-electron chi connectivity index (χ4n) is 5.94. The van der Waals surface area contributed by atoms with Crippen molar-refractivity contribution in [3.8, 4) is 5.75 Å². The van der Waals surface area contributed by atoms with Gasteiger partial charge in [-0.25, -0.2) is 0 Å². The van der Waals surface area contributed by atoms with Gasteiger partial charge in [0.1, 0.15) is 5.75 Å². The lowest BCUT2D eigenvalue weighted by atomic mass is 9.71. The molecule has 3 unspecified atom stereocenters. The third-order valence-electron chi connectivity index (χ3n) is 7.46. The van der Waals surface area contributed by atoms with Crippen molar-refractivity contribution in [1.82, 2.24) is 9.88 Å². The lowest BCUT2D eigenvalue weighted by Crippen LogP contribution is -2.39. The SMILES string of the molecule is COc1ccc2[nH]c3c(c2c1)CCN1CC2(C)CC3C1C2(C)C. The Kier molecular flexibility index (Phi) is 2.50. The first-order chi connectivity index (χ1) is 10.9. The van der Waals surface area contributed by atoms with E-state index in [4.69, 9.17) is 4.74 Å². The van der Waals surface area contributed by atoms with E-state index < -0.39 is 0 Å². The highest BCUT2D eigenvalue weighted by Gasteiger charge is 2.65. The summed E-state index contributed by atoms with van der Waals surface area (Å²) >= 11 is 0. The molecule has 0 spiro atoms. The molecule has 3 atom stereocenters. The van der Waals surface area contributed by atoms with Crippen molar-refractivity contribution < 1.29 is 4.74 Å². The number of hydrogen-bond acceptors (Lipinski definition) is 2. The molecular formula is C20H26N2O. The molecule has 3 aliphatic rings. The molecule has 122 valence electrons. The van der Waals surface area contributed by atoms with Crippen molar-refractivity contribution in [2.24, 2.45) is 10.8 Å². The van der Waals surface area contributed by atoms with Gasteiger partial charge in [-0.1, -0.05) is 20.8 Å². The van der Waals surface area contributed by atoms with Crippen LogP contribution in [0.2, 0.25) is 0 Å². The summed E-state index contributed by atoms with van der Waals surface area (Å²) in [6, 6.07) is 7.15. The lowest BCUT2D eigenvalue weighted by molar-refractivity contribution is 0.169. The van der Waals surface area contributed by atoms with E-state index in [0.29, 0.717) is 22.8 Å². The third-order valence-corrected chi connectivity index (χ3v) is 7.46. The summed E-state index contributed by atoms with van der Waals surface area (Å²) in [5.41, 5.74) is 5.17. The largest absolute Gasteiger partial charge is 0.497 e. The van der Waals surface area contributed by atoms with Gasteiger partial charge in [-0.15, -0.1) is 0 Å². The summed E-state index contributed by atoms with van der Waals surface area (Å²) in [6.45, 7) is 9.96. The van der Waals surface area contributed by atoms with Crippen LogP contribution >= 0.6 is 0 Å². The molecule has 2 aliphatic heterocycles. The van der Waals surface area contributed by atoms with Gasteiger partial charge in [-0.2, -0.15) is 0 Å². The number of nitrogens with one attached hydrogen (secondary N) is 1. The molecule has 2 aromatic rings. The Balaban J connectivity index is 1.71. The number of nitrogens with zero attached hydrogens (tertiary/aromatic N) is 1. The highest BCUT2D eigenvalue weighted by molar-refractivity contribution is 5.86. The van der Waals surface area contributed by atoms with E-state index in [-0.39, 0.29) is 0 Å². The molecule has 1 saturated heterocycles. The molecule has 1 aromatic heterocycles. The number of hydrogen-bond donors (Lipinski definition) is 1. The molecule has 2 bridgehead atoms. The Morgan fingerprint density at radius 1 is 1.26 bits per heavy atom. The van der Waals surface area contributed by atoms with Gasteiger partial charge in [0.2, 0.25) is 0 Å². The molecule has 1 aromatic carbocycles. The minimum Gasteiger partial charge on any atom is -0.497 e. The van der Waals surface area contributed by atoms with Crippen LogP contribution in [0.1, 0.15) is 44.4 Å². The predicted octanol–water partition coefficient (Wildman–Crippen LogP) is 3.94. The zero-order valence-corrected chi connectivity index (χ0v) is 14.6. The first-order valence-electron chi connectivity index (χ1n) is 8.87. The van der Waals surface area contributed by atoms with Crippen LogP contribution in [0.3, 0.4) is 0 Å². The fourth-order valence-corrected chi connectivity index (χ4v) is 5.94. The van der Waals surface area contributed by atoms with Crippen LogP contribution in [-0.4, -0.2) is 36.1 Å². The van der Waals surface area contributed by atoms with Gasteiger partial charge in [0, 0.05) is 41.6 Å². The highest BCUT2D eigenvalue weighted by atomic mass is 16.5. The monoisotopic (exact) mass is 310 g/mol. The Morgan fingerprint density at radius 2 is 2.09 bits per heavy atom. The van der Waals surface area contributed by atoms with Gasteiger partial charge in [-0.05, 0) is 47.4 Å². The Morgan fingerprint density at radius 3 is 2.83 bits per heavy atom. The molecule has 23 heavy (non-hydrogen) atoms. The van der Waals surface area contributed by atoms with Crippen molar-refractivity contribution in [2.75, 3.05) is 20.2 Å². The summed E-state index contributed by atoms with van der Waals surface area (Å²) in [5, 5.41) is 1.37. The van der Waals surface area contributed by atoms with Gasteiger partial charge in [-0.3, -0.25) is 4.90 Å². The Bertz CT molecular complexity index is 803. The summed E-state index contributed by atoms with van der Waals surface area (Å²) in [4.78, 5) is 6.56. The molecule has 0 radical (unpaired) electrons. The molecule has 1 N–H and O–H groups in total. The topological polar surface area (TPSA) is 28.3 Å². The Labute approximate surface area is 138 Å². The first kappa shape index (κ1) is 13.9. The number of methoxy groups -OCH3 is 1.